The van der Waals surface area contributed by atoms with Gasteiger partial charge in [0.15, 0.2) is 23.4 Å². The van der Waals surface area contributed by atoms with E-state index >= 15 is 0 Å². The highest BCUT2D eigenvalue weighted by molar-refractivity contribution is 6.84. The standard InChI is InChI=1S/C45H52O10Si2/c1-8-44(46)53-42-19-16-34-27-38(13-12-35(34)30-42)45(47)54-41-20-21-43(33(3)26-41)52-32-51-40-18-15-36-28-39(17-14-37(36)29-40)50-23-11-25-57(6,7)55-56(4,5)24-10-22-49-31-48-9-2/h8-9,12-21,26-30H,1-2,10-11,22-25,31-32H2,3-7H3. The fourth-order valence-electron chi connectivity index (χ4n) is 6.42. The maximum atomic E-state index is 13.0. The number of hydrogen-bond donors (Lipinski definition) is 0. The van der Waals surface area contributed by atoms with Crippen molar-refractivity contribution in [1.82, 2.24) is 0 Å². The minimum absolute atomic E-state index is 0.00125. The Balaban J connectivity index is 1.04. The molecule has 5 aromatic carbocycles. The van der Waals surface area contributed by atoms with Gasteiger partial charge in [0.25, 0.3) is 0 Å². The lowest BCUT2D eigenvalue weighted by molar-refractivity contribution is -0.128. The first-order valence-corrected chi connectivity index (χ1v) is 25.2. The second-order valence-corrected chi connectivity index (χ2v) is 23.6. The second kappa shape index (κ2) is 20.1. The largest absolute Gasteiger partial charge is 0.494 e. The first-order chi connectivity index (χ1) is 27.3. The molecule has 0 saturated carbocycles. The van der Waals surface area contributed by atoms with E-state index in [2.05, 4.69) is 39.3 Å². The van der Waals surface area contributed by atoms with Crippen LogP contribution in [0.1, 0.15) is 28.8 Å². The topological polar surface area (TPSA) is 108 Å². The number of aryl methyl sites for hydroxylation is 1. The highest BCUT2D eigenvalue weighted by Crippen LogP contribution is 2.29. The van der Waals surface area contributed by atoms with E-state index in [1.807, 2.05) is 43.3 Å². The van der Waals surface area contributed by atoms with Gasteiger partial charge in [0.05, 0.1) is 25.0 Å². The maximum Gasteiger partial charge on any atom is 0.343 e. The summed E-state index contributed by atoms with van der Waals surface area (Å²) in [5.74, 6) is 1.86. The highest BCUT2D eigenvalue weighted by atomic mass is 28.4. The van der Waals surface area contributed by atoms with E-state index in [0.29, 0.717) is 41.8 Å². The molecule has 0 aliphatic carbocycles. The summed E-state index contributed by atoms with van der Waals surface area (Å²) in [5, 5.41) is 3.69. The molecule has 5 rings (SSSR count). The van der Waals surface area contributed by atoms with Crippen LogP contribution in [0.2, 0.25) is 38.3 Å². The summed E-state index contributed by atoms with van der Waals surface area (Å²) in [6.07, 6.45) is 4.39. The Hall–Kier alpha value is -5.41. The van der Waals surface area contributed by atoms with Crippen LogP contribution in [0.4, 0.5) is 0 Å². The van der Waals surface area contributed by atoms with E-state index in [-0.39, 0.29) is 13.6 Å². The van der Waals surface area contributed by atoms with Crippen LogP contribution in [0.5, 0.6) is 28.7 Å². The van der Waals surface area contributed by atoms with Crippen LogP contribution in [0.15, 0.2) is 116 Å². The van der Waals surface area contributed by atoms with Crippen LogP contribution in [-0.2, 0) is 18.4 Å². The quantitative estimate of drug-likeness (QED) is 0.0128. The molecule has 0 aliphatic heterocycles. The molecular formula is C45H52O10Si2. The number of carbonyl (C=O) groups excluding carboxylic acids is 2. The Bertz CT molecular complexity index is 2180. The van der Waals surface area contributed by atoms with E-state index < -0.39 is 28.6 Å². The SMILES string of the molecule is C=COCOCCC[Si](C)(C)O[Si](C)(C)CCCOc1ccc2cc(OCOc3ccc(OC(=O)c4ccc5cc(OC(=O)C=C)ccc5c4)cc3C)ccc2c1. The zero-order valence-electron chi connectivity index (χ0n) is 33.5. The van der Waals surface area contributed by atoms with E-state index in [4.69, 9.17) is 37.3 Å². The molecule has 0 amide bonds. The molecule has 0 aliphatic rings. The fraction of sp³-hybridized carbons (Fsp3) is 0.289. The minimum atomic E-state index is -1.83. The lowest BCUT2D eigenvalue weighted by Crippen LogP contribution is -2.44. The van der Waals surface area contributed by atoms with Crippen molar-refractivity contribution in [2.24, 2.45) is 0 Å². The summed E-state index contributed by atoms with van der Waals surface area (Å²) in [6, 6.07) is 29.5. The molecule has 5 aromatic rings. The van der Waals surface area contributed by atoms with Gasteiger partial charge in [-0.3, -0.25) is 0 Å². The molecule has 0 bridgehead atoms. The van der Waals surface area contributed by atoms with Crippen molar-refractivity contribution in [2.75, 3.05) is 26.8 Å². The van der Waals surface area contributed by atoms with E-state index in [1.165, 1.54) is 6.26 Å². The van der Waals surface area contributed by atoms with Crippen LogP contribution in [0, 0.1) is 6.92 Å². The Morgan fingerprint density at radius 2 is 1.18 bits per heavy atom. The summed E-state index contributed by atoms with van der Waals surface area (Å²) < 4.78 is 46.0. The number of ether oxygens (including phenoxy) is 7. The van der Waals surface area contributed by atoms with Crippen LogP contribution in [-0.4, -0.2) is 55.4 Å². The van der Waals surface area contributed by atoms with Crippen LogP contribution in [0.25, 0.3) is 21.5 Å². The predicted molar refractivity (Wildman–Crippen MR) is 228 cm³/mol. The van der Waals surface area contributed by atoms with Gasteiger partial charge in [0.1, 0.15) is 28.7 Å². The maximum absolute atomic E-state index is 13.0. The Morgan fingerprint density at radius 3 is 1.82 bits per heavy atom. The molecule has 0 spiro atoms. The molecule has 0 radical (unpaired) electrons. The summed E-state index contributed by atoms with van der Waals surface area (Å²) in [7, 11) is -3.61. The molecule has 0 heterocycles. The summed E-state index contributed by atoms with van der Waals surface area (Å²) >= 11 is 0. The van der Waals surface area contributed by atoms with Gasteiger partial charge in [-0.25, -0.2) is 9.59 Å². The molecule has 57 heavy (non-hydrogen) atoms. The molecule has 0 aromatic heterocycles. The van der Waals surface area contributed by atoms with Crippen LogP contribution in [0.3, 0.4) is 0 Å². The molecule has 0 fully saturated rings. The zero-order chi connectivity index (χ0) is 40.8. The predicted octanol–water partition coefficient (Wildman–Crippen LogP) is 10.7. The monoisotopic (exact) mass is 808 g/mol. The van der Waals surface area contributed by atoms with Crippen molar-refractivity contribution < 1.29 is 46.9 Å². The van der Waals surface area contributed by atoms with E-state index in [9.17, 15) is 9.59 Å². The minimum Gasteiger partial charge on any atom is -0.494 e. The van der Waals surface area contributed by atoms with E-state index in [1.54, 1.807) is 54.6 Å². The molecule has 300 valence electrons. The number of rotatable bonds is 22. The average Bonchev–Trinajstić information content (AvgIpc) is 3.18. The number of carbonyl (C=O) groups is 2. The zero-order valence-corrected chi connectivity index (χ0v) is 35.5. The molecule has 12 heteroatoms. The van der Waals surface area contributed by atoms with Crippen molar-refractivity contribution in [3.8, 4) is 28.7 Å². The van der Waals surface area contributed by atoms with Crippen molar-refractivity contribution in [2.45, 2.75) is 58.0 Å². The highest BCUT2D eigenvalue weighted by Gasteiger charge is 2.32. The average molecular weight is 809 g/mol. The van der Waals surface area contributed by atoms with Gasteiger partial charge in [-0.15, -0.1) is 0 Å². The third-order valence-corrected chi connectivity index (χ3v) is 16.6. The van der Waals surface area contributed by atoms with E-state index in [0.717, 1.165) is 63.9 Å². The summed E-state index contributed by atoms with van der Waals surface area (Å²) in [4.78, 5) is 24.5. The molecule has 0 saturated heterocycles. The van der Waals surface area contributed by atoms with Crippen molar-refractivity contribution in [3.05, 3.63) is 128 Å². The van der Waals surface area contributed by atoms with Crippen LogP contribution < -0.4 is 23.7 Å². The molecule has 0 unspecified atom stereocenters. The van der Waals surface area contributed by atoms with Crippen molar-refractivity contribution in [3.63, 3.8) is 0 Å². The molecule has 0 N–H and O–H groups in total. The number of benzene rings is 5. The summed E-state index contributed by atoms with van der Waals surface area (Å²) in [5.41, 5.74) is 1.17. The lowest BCUT2D eigenvalue weighted by Gasteiger charge is -2.34. The molecular weight excluding hydrogens is 757 g/mol. The Labute approximate surface area is 337 Å². The lowest BCUT2D eigenvalue weighted by atomic mass is 10.1. The Kier molecular flexibility index (Phi) is 15.1. The first kappa shape index (κ1) is 42.7. The number of hydrogen-bond acceptors (Lipinski definition) is 10. The number of esters is 2. The van der Waals surface area contributed by atoms with Crippen molar-refractivity contribution >= 4 is 50.1 Å². The van der Waals surface area contributed by atoms with Gasteiger partial charge in [-0.05, 0) is 152 Å². The first-order valence-electron chi connectivity index (χ1n) is 19.0. The Morgan fingerprint density at radius 1 is 0.614 bits per heavy atom. The normalized spacial score (nSPS) is 11.5. The third-order valence-electron chi connectivity index (χ3n) is 9.09. The fourth-order valence-corrected chi connectivity index (χ4v) is 15.2. The molecule has 0 atom stereocenters. The van der Waals surface area contributed by atoms with Crippen molar-refractivity contribution in [1.29, 1.82) is 0 Å². The number of fused-ring (bicyclic) bond motifs is 2. The van der Waals surface area contributed by atoms with Gasteiger partial charge < -0.3 is 37.3 Å². The second-order valence-electron chi connectivity index (χ2n) is 14.8. The summed E-state index contributed by atoms with van der Waals surface area (Å²) in [6.45, 7) is 19.5. The molecule has 10 nitrogen and oxygen atoms in total. The van der Waals surface area contributed by atoms with Gasteiger partial charge in [0, 0.05) is 6.08 Å². The smallest absolute Gasteiger partial charge is 0.343 e. The van der Waals surface area contributed by atoms with Crippen LogP contribution >= 0.6 is 0 Å². The van der Waals surface area contributed by atoms with Gasteiger partial charge in [0.2, 0.25) is 6.79 Å². The van der Waals surface area contributed by atoms with Gasteiger partial charge in [-0.2, -0.15) is 0 Å². The van der Waals surface area contributed by atoms with Gasteiger partial charge in [-0.1, -0.05) is 37.4 Å². The third kappa shape index (κ3) is 13.4. The van der Waals surface area contributed by atoms with Gasteiger partial charge >= 0.3 is 11.9 Å².